The van der Waals surface area contributed by atoms with E-state index >= 15 is 0 Å². The molecule has 184 valence electrons. The molecule has 3 aromatic carbocycles. The second-order valence-electron chi connectivity index (χ2n) is 9.01. The molecule has 5 nitrogen and oxygen atoms in total. The van der Waals surface area contributed by atoms with E-state index in [1.54, 1.807) is 18.2 Å². The molecule has 0 saturated carbocycles. The molecule has 2 heterocycles. The zero-order chi connectivity index (χ0) is 25.1. The summed E-state index contributed by atoms with van der Waals surface area (Å²) in [4.78, 5) is 17.8. The summed E-state index contributed by atoms with van der Waals surface area (Å²) in [5, 5.41) is 0.899. The maximum atomic E-state index is 14.3. The third-order valence-corrected chi connectivity index (χ3v) is 6.85. The van der Waals surface area contributed by atoms with E-state index in [1.807, 2.05) is 58.3 Å². The molecule has 0 spiro atoms. The first kappa shape index (κ1) is 23.7. The number of benzene rings is 3. The molecule has 1 atom stereocenters. The summed E-state index contributed by atoms with van der Waals surface area (Å²) in [6, 6.07) is 24.8. The highest BCUT2D eigenvalue weighted by Crippen LogP contribution is 2.34. The van der Waals surface area contributed by atoms with E-state index in [2.05, 4.69) is 30.2 Å². The van der Waals surface area contributed by atoms with E-state index in [4.69, 9.17) is 4.74 Å². The van der Waals surface area contributed by atoms with Crippen LogP contribution in [0.15, 0.2) is 91.5 Å². The summed E-state index contributed by atoms with van der Waals surface area (Å²) < 4.78 is 22.3. The van der Waals surface area contributed by atoms with Crippen LogP contribution in [0.2, 0.25) is 0 Å². The Labute approximate surface area is 211 Å². The van der Waals surface area contributed by atoms with Crippen molar-refractivity contribution in [3.8, 4) is 5.75 Å². The third-order valence-electron chi connectivity index (χ3n) is 6.85. The van der Waals surface area contributed by atoms with Gasteiger partial charge in [0.25, 0.3) is 5.91 Å². The van der Waals surface area contributed by atoms with Crippen LogP contribution in [-0.4, -0.2) is 48.2 Å². The maximum absolute atomic E-state index is 14.3. The number of aromatic nitrogens is 1. The highest BCUT2D eigenvalue weighted by Gasteiger charge is 2.28. The van der Waals surface area contributed by atoms with Crippen LogP contribution < -0.4 is 9.64 Å². The van der Waals surface area contributed by atoms with Gasteiger partial charge in [-0.3, -0.25) is 4.79 Å². The fourth-order valence-electron chi connectivity index (χ4n) is 4.98. The van der Waals surface area contributed by atoms with Crippen LogP contribution in [0.1, 0.15) is 29.0 Å². The van der Waals surface area contributed by atoms with Crippen molar-refractivity contribution < 1.29 is 13.9 Å². The van der Waals surface area contributed by atoms with Crippen LogP contribution in [0.4, 0.5) is 10.1 Å². The first-order valence-electron chi connectivity index (χ1n) is 12.3. The number of halogens is 1. The first-order valence-corrected chi connectivity index (χ1v) is 12.3. The minimum absolute atomic E-state index is 0.0307. The first-order chi connectivity index (χ1) is 17.6. The normalized spacial score (nSPS) is 14.6. The molecule has 1 aromatic heterocycles. The predicted octanol–water partition coefficient (Wildman–Crippen LogP) is 5.92. The van der Waals surface area contributed by atoms with Gasteiger partial charge >= 0.3 is 0 Å². The molecule has 6 heteroatoms. The van der Waals surface area contributed by atoms with Gasteiger partial charge in [0.2, 0.25) is 0 Å². The van der Waals surface area contributed by atoms with E-state index in [-0.39, 0.29) is 17.8 Å². The standard InChI is InChI=1S/C30H30FN3O2/c1-3-20-36-29-15-9-14-26-24(29)21-28(34(26)22(2)23-10-5-4-6-11-23)30(35)33-18-16-32(17-19-33)27-13-8-7-12-25(27)31/h3-15,21-22H,1,16-20H2,2H3. The second kappa shape index (κ2) is 10.3. The van der Waals surface area contributed by atoms with Crippen LogP contribution >= 0.6 is 0 Å². The number of rotatable bonds is 7. The number of hydrogen-bond donors (Lipinski definition) is 0. The van der Waals surface area contributed by atoms with Gasteiger partial charge in [-0.05, 0) is 42.8 Å². The van der Waals surface area contributed by atoms with Gasteiger partial charge in [-0.15, -0.1) is 0 Å². The lowest BCUT2D eigenvalue weighted by atomic mass is 10.1. The van der Waals surface area contributed by atoms with Crippen LogP contribution in [-0.2, 0) is 0 Å². The summed E-state index contributed by atoms with van der Waals surface area (Å²) in [5.41, 5.74) is 3.27. The van der Waals surface area contributed by atoms with Crippen molar-refractivity contribution >= 4 is 22.5 Å². The molecule has 36 heavy (non-hydrogen) atoms. The Morgan fingerprint density at radius 1 is 1.00 bits per heavy atom. The summed E-state index contributed by atoms with van der Waals surface area (Å²) in [6.45, 7) is 8.45. The summed E-state index contributed by atoms with van der Waals surface area (Å²) >= 11 is 0. The second-order valence-corrected chi connectivity index (χ2v) is 9.01. The zero-order valence-electron chi connectivity index (χ0n) is 20.4. The quantitative estimate of drug-likeness (QED) is 0.307. The molecular formula is C30H30FN3O2. The molecule has 4 aromatic rings. The lowest BCUT2D eigenvalue weighted by Gasteiger charge is -2.36. The van der Waals surface area contributed by atoms with Crippen LogP contribution in [0.3, 0.4) is 0 Å². The number of hydrogen-bond acceptors (Lipinski definition) is 3. The van der Waals surface area contributed by atoms with Crippen molar-refractivity contribution in [1.82, 2.24) is 9.47 Å². The van der Waals surface area contributed by atoms with Crippen molar-refractivity contribution in [2.45, 2.75) is 13.0 Å². The van der Waals surface area contributed by atoms with Crippen molar-refractivity contribution in [1.29, 1.82) is 0 Å². The van der Waals surface area contributed by atoms with Gasteiger partial charge in [0.05, 0.1) is 17.2 Å². The van der Waals surface area contributed by atoms with E-state index in [0.29, 0.717) is 44.2 Å². The molecule has 1 aliphatic heterocycles. The van der Waals surface area contributed by atoms with E-state index < -0.39 is 0 Å². The topological polar surface area (TPSA) is 37.7 Å². The highest BCUT2D eigenvalue weighted by atomic mass is 19.1. The molecular weight excluding hydrogens is 453 g/mol. The summed E-state index contributed by atoms with van der Waals surface area (Å²) in [6.07, 6.45) is 1.71. The predicted molar refractivity (Wildman–Crippen MR) is 142 cm³/mol. The molecule has 0 aliphatic carbocycles. The lowest BCUT2D eigenvalue weighted by Crippen LogP contribution is -2.49. The van der Waals surface area contributed by atoms with Crippen LogP contribution in [0, 0.1) is 5.82 Å². The minimum Gasteiger partial charge on any atom is -0.489 e. The van der Waals surface area contributed by atoms with E-state index in [1.165, 1.54) is 6.07 Å². The van der Waals surface area contributed by atoms with Crippen molar-refractivity contribution in [2.24, 2.45) is 0 Å². The number of amides is 1. The molecule has 1 saturated heterocycles. The Hall–Kier alpha value is -4.06. The fourth-order valence-corrected chi connectivity index (χ4v) is 4.98. The van der Waals surface area contributed by atoms with Gasteiger partial charge in [-0.25, -0.2) is 4.39 Å². The van der Waals surface area contributed by atoms with Crippen molar-refractivity contribution in [2.75, 3.05) is 37.7 Å². The SMILES string of the molecule is C=CCOc1cccc2c1cc(C(=O)N1CCN(c3ccccc3F)CC1)n2C(C)c1ccccc1. The number of carbonyl (C=O) groups excluding carboxylic acids is 1. The van der Waals surface area contributed by atoms with Crippen molar-refractivity contribution in [3.63, 3.8) is 0 Å². The Bertz CT molecular complexity index is 1370. The van der Waals surface area contributed by atoms with Crippen LogP contribution in [0.25, 0.3) is 10.9 Å². The average Bonchev–Trinajstić information content (AvgIpc) is 3.32. The summed E-state index contributed by atoms with van der Waals surface area (Å²) in [5.74, 6) is 0.461. The smallest absolute Gasteiger partial charge is 0.270 e. The molecule has 1 unspecified atom stereocenters. The number of ether oxygens (including phenoxy) is 1. The van der Waals surface area contributed by atoms with Crippen LogP contribution in [0.5, 0.6) is 5.75 Å². The fraction of sp³-hybridized carbons (Fsp3) is 0.233. The molecule has 5 rings (SSSR count). The molecule has 1 fully saturated rings. The summed E-state index contributed by atoms with van der Waals surface area (Å²) in [7, 11) is 0. The number of para-hydroxylation sites is 1. The van der Waals surface area contributed by atoms with Crippen molar-refractivity contribution in [3.05, 3.63) is 109 Å². The average molecular weight is 484 g/mol. The monoisotopic (exact) mass is 483 g/mol. The number of nitrogens with zero attached hydrogens (tertiary/aromatic N) is 3. The molecule has 1 aliphatic rings. The molecule has 0 radical (unpaired) electrons. The Kier molecular flexibility index (Phi) is 6.76. The van der Waals surface area contributed by atoms with Gasteiger partial charge in [0.1, 0.15) is 23.9 Å². The maximum Gasteiger partial charge on any atom is 0.270 e. The minimum atomic E-state index is -0.235. The number of carbonyl (C=O) groups is 1. The van der Waals surface area contributed by atoms with E-state index in [9.17, 15) is 9.18 Å². The number of fused-ring (bicyclic) bond motifs is 1. The zero-order valence-corrected chi connectivity index (χ0v) is 20.4. The lowest BCUT2D eigenvalue weighted by molar-refractivity contribution is 0.0735. The molecule has 1 amide bonds. The largest absolute Gasteiger partial charge is 0.489 e. The highest BCUT2D eigenvalue weighted by molar-refractivity contribution is 6.00. The molecule has 0 bridgehead atoms. The number of piperazine rings is 1. The Morgan fingerprint density at radius 2 is 1.72 bits per heavy atom. The van der Waals surface area contributed by atoms with Gasteiger partial charge < -0.3 is 19.1 Å². The van der Waals surface area contributed by atoms with Gasteiger partial charge in [-0.1, -0.05) is 61.2 Å². The number of anilines is 1. The van der Waals surface area contributed by atoms with Gasteiger partial charge in [-0.2, -0.15) is 0 Å². The van der Waals surface area contributed by atoms with Gasteiger partial charge in [0, 0.05) is 31.6 Å². The van der Waals surface area contributed by atoms with Gasteiger partial charge in [0.15, 0.2) is 0 Å². The Morgan fingerprint density at radius 3 is 2.44 bits per heavy atom. The third kappa shape index (κ3) is 4.47. The molecule has 0 N–H and O–H groups in total. The van der Waals surface area contributed by atoms with E-state index in [0.717, 1.165) is 22.2 Å². The Balaban J connectivity index is 1.49.